The summed E-state index contributed by atoms with van der Waals surface area (Å²) in [6.07, 6.45) is 3.16. The summed E-state index contributed by atoms with van der Waals surface area (Å²) in [7, 11) is 0.805. The number of hydrogen-bond acceptors (Lipinski definition) is 2. The summed E-state index contributed by atoms with van der Waals surface area (Å²) in [4.78, 5) is 14.2. The fraction of sp³-hybridized carbons (Fsp3) is 0.611. The minimum atomic E-state index is -1.29. The van der Waals surface area contributed by atoms with Gasteiger partial charge in [-0.1, -0.05) is 49.1 Å². The monoisotopic (exact) mass is 317 g/mol. The highest BCUT2D eigenvalue weighted by atomic mass is 28.3. The van der Waals surface area contributed by atoms with E-state index in [1.54, 1.807) is 0 Å². The molecule has 0 aromatic heterocycles. The van der Waals surface area contributed by atoms with Crippen molar-refractivity contribution in [3.63, 3.8) is 0 Å². The van der Waals surface area contributed by atoms with Crippen molar-refractivity contribution in [3.8, 4) is 0 Å². The fourth-order valence-corrected chi connectivity index (χ4v) is 5.54. The minimum absolute atomic E-state index is 0.168. The van der Waals surface area contributed by atoms with Gasteiger partial charge in [0, 0.05) is 18.0 Å². The Balaban J connectivity index is 1.91. The molecule has 0 saturated carbocycles. The quantitative estimate of drug-likeness (QED) is 0.872. The minimum Gasteiger partial charge on any atom is -0.481 e. The highest BCUT2D eigenvalue weighted by molar-refractivity contribution is 6.88. The van der Waals surface area contributed by atoms with Crippen LogP contribution in [0.25, 0.3) is 0 Å². The van der Waals surface area contributed by atoms with Crippen molar-refractivity contribution in [3.05, 3.63) is 29.8 Å². The van der Waals surface area contributed by atoms with Crippen LogP contribution in [0.3, 0.4) is 0 Å². The molecule has 3 rings (SSSR count). The Morgan fingerprint density at radius 1 is 1.18 bits per heavy atom. The highest BCUT2D eigenvalue weighted by Crippen LogP contribution is 2.46. The van der Waals surface area contributed by atoms with Gasteiger partial charge in [-0.3, -0.25) is 9.69 Å². The lowest BCUT2D eigenvalue weighted by atomic mass is 9.76. The molecule has 4 atom stereocenters. The van der Waals surface area contributed by atoms with Crippen molar-refractivity contribution < 1.29 is 9.90 Å². The smallest absolute Gasteiger partial charge is 0.308 e. The number of aliphatic carboxylic acids is 1. The van der Waals surface area contributed by atoms with Crippen LogP contribution in [0.2, 0.25) is 19.6 Å². The lowest BCUT2D eigenvalue weighted by Gasteiger charge is -2.41. The maximum Gasteiger partial charge on any atom is 0.308 e. The van der Waals surface area contributed by atoms with E-state index in [2.05, 4.69) is 55.9 Å². The van der Waals surface area contributed by atoms with Gasteiger partial charge in [0.2, 0.25) is 0 Å². The van der Waals surface area contributed by atoms with Crippen molar-refractivity contribution in [1.29, 1.82) is 0 Å². The third-order valence-electron chi connectivity index (χ3n) is 5.76. The van der Waals surface area contributed by atoms with Crippen molar-refractivity contribution >= 4 is 19.2 Å². The van der Waals surface area contributed by atoms with E-state index >= 15 is 0 Å². The molecule has 0 radical (unpaired) electrons. The molecule has 2 aliphatic heterocycles. The summed E-state index contributed by atoms with van der Waals surface area (Å²) in [5.74, 6) is -0.722. The first-order chi connectivity index (χ1) is 10.3. The van der Waals surface area contributed by atoms with Gasteiger partial charge in [-0.05, 0) is 31.9 Å². The first-order valence-electron chi connectivity index (χ1n) is 8.34. The molecule has 120 valence electrons. The van der Waals surface area contributed by atoms with Gasteiger partial charge < -0.3 is 5.11 Å². The molecular weight excluding hydrogens is 290 g/mol. The predicted octanol–water partition coefficient (Wildman–Crippen LogP) is 2.88. The molecule has 2 heterocycles. The number of fused-ring (bicyclic) bond motifs is 2. The predicted molar refractivity (Wildman–Crippen MR) is 92.5 cm³/mol. The van der Waals surface area contributed by atoms with E-state index in [-0.39, 0.29) is 17.9 Å². The molecule has 0 spiro atoms. The number of carbonyl (C=O) groups is 1. The molecule has 0 amide bonds. The van der Waals surface area contributed by atoms with Gasteiger partial charge in [-0.15, -0.1) is 0 Å². The average Bonchev–Trinajstić information content (AvgIpc) is 2.70. The summed E-state index contributed by atoms with van der Waals surface area (Å²) in [5.41, 5.74) is 1.22. The van der Waals surface area contributed by atoms with Crippen LogP contribution in [0.15, 0.2) is 24.3 Å². The summed E-state index contributed by atoms with van der Waals surface area (Å²) in [5, 5.41) is 11.2. The Hall–Kier alpha value is -1.13. The van der Waals surface area contributed by atoms with Crippen LogP contribution in [0, 0.1) is 5.92 Å². The standard InChI is InChI=1S/C18H27NO2Si/c1-19-13-7-10-16(19)17(18(20)21)15(11-13)12-5-8-14(9-6-12)22(2,3)4/h5-6,8-9,13,15-17H,7,10-11H2,1-4H3,(H,20,21)/t13-,15+,16+,17-/m0/s1. The van der Waals surface area contributed by atoms with Crippen molar-refractivity contribution in [1.82, 2.24) is 4.90 Å². The molecule has 1 aromatic carbocycles. The van der Waals surface area contributed by atoms with Gasteiger partial charge in [0.15, 0.2) is 0 Å². The Bertz CT molecular complexity index is 563. The van der Waals surface area contributed by atoms with E-state index in [4.69, 9.17) is 0 Å². The summed E-state index contributed by atoms with van der Waals surface area (Å²) >= 11 is 0. The van der Waals surface area contributed by atoms with Crippen LogP contribution >= 0.6 is 0 Å². The second-order valence-corrected chi connectivity index (χ2v) is 13.1. The van der Waals surface area contributed by atoms with E-state index in [0.717, 1.165) is 19.3 Å². The van der Waals surface area contributed by atoms with E-state index < -0.39 is 14.0 Å². The lowest BCUT2D eigenvalue weighted by molar-refractivity contribution is -0.146. The molecule has 2 saturated heterocycles. The van der Waals surface area contributed by atoms with Gasteiger partial charge in [0.25, 0.3) is 0 Å². The van der Waals surface area contributed by atoms with Crippen LogP contribution in [0.1, 0.15) is 30.7 Å². The number of carboxylic acids is 1. The third-order valence-corrected chi connectivity index (χ3v) is 7.82. The van der Waals surface area contributed by atoms with Crippen LogP contribution in [-0.4, -0.2) is 43.2 Å². The van der Waals surface area contributed by atoms with E-state index in [0.29, 0.717) is 6.04 Å². The molecule has 2 bridgehead atoms. The molecular formula is C18H27NO2Si. The maximum absolute atomic E-state index is 11.9. The number of hydrogen-bond donors (Lipinski definition) is 1. The van der Waals surface area contributed by atoms with Crippen LogP contribution in [0.4, 0.5) is 0 Å². The first-order valence-corrected chi connectivity index (χ1v) is 11.8. The number of benzene rings is 1. The topological polar surface area (TPSA) is 40.5 Å². The van der Waals surface area contributed by atoms with Crippen molar-refractivity contribution in [2.45, 2.75) is 56.9 Å². The molecule has 2 fully saturated rings. The van der Waals surface area contributed by atoms with Gasteiger partial charge in [0.1, 0.15) is 0 Å². The van der Waals surface area contributed by atoms with Crippen LogP contribution < -0.4 is 5.19 Å². The van der Waals surface area contributed by atoms with Gasteiger partial charge in [-0.2, -0.15) is 0 Å². The zero-order valence-electron chi connectivity index (χ0n) is 14.0. The van der Waals surface area contributed by atoms with E-state index in [9.17, 15) is 9.90 Å². The number of carboxylic acid groups (broad SMARTS) is 1. The Morgan fingerprint density at radius 3 is 2.36 bits per heavy atom. The summed E-state index contributed by atoms with van der Waals surface area (Å²) < 4.78 is 0. The number of nitrogens with zero attached hydrogens (tertiary/aromatic N) is 1. The molecule has 1 N–H and O–H groups in total. The van der Waals surface area contributed by atoms with Crippen molar-refractivity contribution in [2.75, 3.05) is 7.05 Å². The average molecular weight is 318 g/mol. The molecule has 0 unspecified atom stereocenters. The Morgan fingerprint density at radius 2 is 1.82 bits per heavy atom. The normalized spacial score (nSPS) is 32.2. The highest BCUT2D eigenvalue weighted by Gasteiger charge is 2.49. The Labute approximate surface area is 134 Å². The zero-order valence-corrected chi connectivity index (χ0v) is 15.0. The summed E-state index contributed by atoms with van der Waals surface area (Å²) in [6.45, 7) is 7.04. The van der Waals surface area contributed by atoms with Crippen molar-refractivity contribution in [2.24, 2.45) is 5.92 Å². The van der Waals surface area contributed by atoms with Crippen LogP contribution in [0.5, 0.6) is 0 Å². The molecule has 3 nitrogen and oxygen atoms in total. The lowest BCUT2D eigenvalue weighted by Crippen LogP contribution is -2.48. The SMILES string of the molecule is CN1[C@H]2CC[C@@H]1[C@@H](C(=O)O)[C@@H](c1ccc([Si](C)(C)C)cc1)C2. The molecule has 2 aliphatic rings. The van der Waals surface area contributed by atoms with Gasteiger partial charge in [-0.25, -0.2) is 0 Å². The van der Waals surface area contributed by atoms with E-state index in [1.165, 1.54) is 10.8 Å². The second-order valence-electron chi connectivity index (χ2n) is 8.04. The van der Waals surface area contributed by atoms with Gasteiger partial charge in [0.05, 0.1) is 14.0 Å². The first kappa shape index (κ1) is 15.8. The zero-order chi connectivity index (χ0) is 16.1. The molecule has 4 heteroatoms. The summed E-state index contributed by atoms with van der Waals surface area (Å²) in [6, 6.07) is 9.62. The second kappa shape index (κ2) is 5.50. The largest absolute Gasteiger partial charge is 0.481 e. The van der Waals surface area contributed by atoms with Crippen LogP contribution in [-0.2, 0) is 4.79 Å². The maximum atomic E-state index is 11.9. The molecule has 0 aliphatic carbocycles. The van der Waals surface area contributed by atoms with E-state index in [1.807, 2.05) is 0 Å². The Kier molecular flexibility index (Phi) is 3.94. The third kappa shape index (κ3) is 2.63. The molecule has 1 aromatic rings. The fourth-order valence-electron chi connectivity index (χ4n) is 4.38. The number of piperidine rings is 1. The van der Waals surface area contributed by atoms with Gasteiger partial charge >= 0.3 is 5.97 Å². The molecule has 22 heavy (non-hydrogen) atoms. The number of rotatable bonds is 3.